The van der Waals surface area contributed by atoms with Crippen molar-refractivity contribution in [3.05, 3.63) is 120 Å². The van der Waals surface area contributed by atoms with E-state index in [0.717, 1.165) is 28.1 Å². The van der Waals surface area contributed by atoms with Crippen molar-refractivity contribution in [3.8, 4) is 22.9 Å². The van der Waals surface area contributed by atoms with Gasteiger partial charge in [0.2, 0.25) is 14.2 Å². The molecule has 7 heteroatoms. The second-order valence-electron chi connectivity index (χ2n) is 13.1. The number of hydrogen-bond donors (Lipinski definition) is 1. The molecule has 0 aromatic heterocycles. The predicted molar refractivity (Wildman–Crippen MR) is 175 cm³/mol. The number of carbonyl (C=O) groups is 1. The molecule has 0 bridgehead atoms. The lowest BCUT2D eigenvalue weighted by Gasteiger charge is -2.48. The monoisotopic (exact) mass is 606 g/mol. The first-order valence-electron chi connectivity index (χ1n) is 15.0. The second kappa shape index (κ2) is 12.4. The zero-order valence-corrected chi connectivity index (χ0v) is 26.9. The molecule has 1 fully saturated rings. The van der Waals surface area contributed by atoms with Crippen LogP contribution in [0, 0.1) is 23.1 Å². The number of aliphatic hydroxyl groups is 1. The summed E-state index contributed by atoms with van der Waals surface area (Å²) in [7, 11) is -1.98. The molecule has 1 heterocycles. The normalized spacial score (nSPS) is 17.5. The molecule has 5 nitrogen and oxygen atoms in total. The molecule has 0 spiro atoms. The van der Waals surface area contributed by atoms with Gasteiger partial charge in [-0.05, 0) is 102 Å². The molecule has 0 radical (unpaired) electrons. The van der Waals surface area contributed by atoms with Gasteiger partial charge in [-0.1, -0.05) is 69.3 Å². The molecule has 4 aromatic carbocycles. The Labute approximate surface area is 260 Å². The number of nitrogens with zero attached hydrogens (tertiary/aromatic N) is 2. The van der Waals surface area contributed by atoms with Gasteiger partial charge in [0, 0.05) is 5.69 Å². The summed E-state index contributed by atoms with van der Waals surface area (Å²) >= 11 is 0. The Morgan fingerprint density at radius 2 is 1.61 bits per heavy atom. The maximum atomic E-state index is 13.5. The van der Waals surface area contributed by atoms with Gasteiger partial charge in [0.1, 0.15) is 11.6 Å². The average molecular weight is 607 g/mol. The number of amides is 1. The molecule has 1 N–H and O–H groups in total. The van der Waals surface area contributed by atoms with Gasteiger partial charge in [-0.3, -0.25) is 4.79 Å². The number of carbonyl (C=O) groups excluding carboxylic acids is 1. The minimum absolute atomic E-state index is 0.0226. The highest BCUT2D eigenvalue weighted by atomic mass is 28.4. The molecule has 1 aliphatic heterocycles. The molecule has 5 rings (SSSR count). The quantitative estimate of drug-likeness (QED) is 0.152. The second-order valence-corrected chi connectivity index (χ2v) is 17.8. The van der Waals surface area contributed by atoms with E-state index in [1.165, 1.54) is 12.1 Å². The molecular weight excluding hydrogens is 568 g/mol. The summed E-state index contributed by atoms with van der Waals surface area (Å²) in [6.07, 6.45) is 0.0543. The maximum Gasteiger partial charge on any atom is 0.250 e. The molecule has 4 aromatic rings. The van der Waals surface area contributed by atoms with Crippen LogP contribution in [0.3, 0.4) is 0 Å². The summed E-state index contributed by atoms with van der Waals surface area (Å²) in [5, 5.41) is 20.1. The van der Waals surface area contributed by atoms with E-state index in [1.54, 1.807) is 41.3 Å². The van der Waals surface area contributed by atoms with E-state index >= 15 is 0 Å². The fourth-order valence-electron chi connectivity index (χ4n) is 5.44. The van der Waals surface area contributed by atoms with E-state index in [-0.39, 0.29) is 28.7 Å². The first-order chi connectivity index (χ1) is 20.9. The smallest absolute Gasteiger partial charge is 0.250 e. The summed E-state index contributed by atoms with van der Waals surface area (Å²) in [4.78, 5) is 15.3. The van der Waals surface area contributed by atoms with Crippen LogP contribution in [0.25, 0.3) is 11.1 Å². The molecule has 1 saturated heterocycles. The van der Waals surface area contributed by atoms with Crippen molar-refractivity contribution in [1.82, 2.24) is 0 Å². The SMILES string of the molecule is CC(C)(C)[Si](C)(C)Oc1cccc(-c2ccc([C@@H]3[C@@H](CC[C@H](O)c4ccc(F)cc4)C(=O)N3c3ccc(C#N)cc3)cc2)c1. The zero-order valence-electron chi connectivity index (χ0n) is 25.9. The molecule has 1 amide bonds. The summed E-state index contributed by atoms with van der Waals surface area (Å²) in [6.45, 7) is 11.2. The molecule has 0 aliphatic carbocycles. The lowest BCUT2D eigenvalue weighted by molar-refractivity contribution is -0.131. The van der Waals surface area contributed by atoms with Crippen LogP contribution in [0.1, 0.15) is 62.4 Å². The van der Waals surface area contributed by atoms with Crippen molar-refractivity contribution in [2.24, 2.45) is 5.92 Å². The van der Waals surface area contributed by atoms with Crippen molar-refractivity contribution in [2.45, 2.75) is 63.9 Å². The Bertz CT molecular complexity index is 1660. The third-order valence-electron chi connectivity index (χ3n) is 9.09. The van der Waals surface area contributed by atoms with E-state index in [0.29, 0.717) is 24.0 Å². The highest BCUT2D eigenvalue weighted by molar-refractivity contribution is 6.74. The Hall–Kier alpha value is -4.25. The average Bonchev–Trinajstić information content (AvgIpc) is 3.00. The Kier molecular flexibility index (Phi) is 8.78. The third-order valence-corrected chi connectivity index (χ3v) is 13.5. The van der Waals surface area contributed by atoms with Crippen LogP contribution in [0.5, 0.6) is 5.75 Å². The lowest BCUT2D eigenvalue weighted by atomic mass is 9.78. The minimum atomic E-state index is -1.98. The molecular formula is C37H39FN2O3Si. The summed E-state index contributed by atoms with van der Waals surface area (Å²) in [6, 6.07) is 31.2. The number of rotatable bonds is 9. The Morgan fingerprint density at radius 3 is 2.23 bits per heavy atom. The highest BCUT2D eigenvalue weighted by Crippen LogP contribution is 2.47. The minimum Gasteiger partial charge on any atom is -0.543 e. The topological polar surface area (TPSA) is 73.6 Å². The number of β-lactam (4-membered cyclic amide) rings is 1. The molecule has 3 atom stereocenters. The van der Waals surface area contributed by atoms with Gasteiger partial charge in [0.15, 0.2) is 0 Å². The number of hydrogen-bond acceptors (Lipinski definition) is 4. The summed E-state index contributed by atoms with van der Waals surface area (Å²) < 4.78 is 19.9. The maximum absolute atomic E-state index is 13.5. The molecule has 0 saturated carbocycles. The van der Waals surface area contributed by atoms with E-state index in [4.69, 9.17) is 4.43 Å². The Balaban J connectivity index is 1.39. The van der Waals surface area contributed by atoms with E-state index in [9.17, 15) is 19.6 Å². The van der Waals surface area contributed by atoms with Crippen molar-refractivity contribution in [3.63, 3.8) is 0 Å². The highest BCUT2D eigenvalue weighted by Gasteiger charge is 2.48. The van der Waals surface area contributed by atoms with E-state index in [2.05, 4.69) is 76.3 Å². The van der Waals surface area contributed by atoms with Gasteiger partial charge in [0.25, 0.3) is 0 Å². The van der Waals surface area contributed by atoms with Crippen molar-refractivity contribution >= 4 is 19.9 Å². The van der Waals surface area contributed by atoms with Crippen LogP contribution in [-0.4, -0.2) is 19.3 Å². The molecule has 44 heavy (non-hydrogen) atoms. The molecule has 0 unspecified atom stereocenters. The van der Waals surface area contributed by atoms with Crippen LogP contribution >= 0.6 is 0 Å². The van der Waals surface area contributed by atoms with Crippen LogP contribution in [0.15, 0.2) is 97.1 Å². The fraction of sp³-hybridized carbons (Fsp3) is 0.297. The largest absolute Gasteiger partial charge is 0.543 e. The zero-order chi connectivity index (χ0) is 31.6. The number of benzene rings is 4. The molecule has 1 aliphatic rings. The standard InChI is InChI=1S/C37H39FN2O3Si/c1-37(2,3)44(4,5)43-32-8-6-7-29(23-32)26-11-13-28(14-12-26)35-33(21-22-34(41)27-15-17-30(38)18-16-27)36(42)40(35)31-19-9-25(24-39)10-20-31/h6-20,23,33-35,41H,21-22H2,1-5H3/t33-,34+,35-/m1/s1. The first-order valence-corrected chi connectivity index (χ1v) is 17.9. The Morgan fingerprint density at radius 1 is 0.955 bits per heavy atom. The van der Waals surface area contributed by atoms with Gasteiger partial charge in [-0.25, -0.2) is 4.39 Å². The van der Waals surface area contributed by atoms with Gasteiger partial charge < -0.3 is 14.4 Å². The number of aliphatic hydroxyl groups excluding tert-OH is 1. The molecule has 226 valence electrons. The van der Waals surface area contributed by atoms with Gasteiger partial charge in [-0.2, -0.15) is 5.26 Å². The fourth-order valence-corrected chi connectivity index (χ4v) is 6.47. The number of halogens is 1. The lowest BCUT2D eigenvalue weighted by Crippen LogP contribution is -2.55. The summed E-state index contributed by atoms with van der Waals surface area (Å²) in [5.74, 6) is 0.166. The van der Waals surface area contributed by atoms with Crippen molar-refractivity contribution in [1.29, 1.82) is 5.26 Å². The van der Waals surface area contributed by atoms with E-state index < -0.39 is 14.4 Å². The van der Waals surface area contributed by atoms with Crippen LogP contribution in [0.4, 0.5) is 10.1 Å². The van der Waals surface area contributed by atoms with Gasteiger partial charge in [-0.15, -0.1) is 0 Å². The van der Waals surface area contributed by atoms with E-state index in [1.807, 2.05) is 12.1 Å². The predicted octanol–water partition coefficient (Wildman–Crippen LogP) is 8.97. The van der Waals surface area contributed by atoms with Gasteiger partial charge >= 0.3 is 0 Å². The van der Waals surface area contributed by atoms with Crippen LogP contribution in [-0.2, 0) is 4.79 Å². The van der Waals surface area contributed by atoms with Gasteiger partial charge in [0.05, 0.1) is 29.7 Å². The number of nitriles is 1. The third kappa shape index (κ3) is 6.47. The van der Waals surface area contributed by atoms with Crippen molar-refractivity contribution < 1.29 is 18.7 Å². The first kappa shape index (κ1) is 31.2. The number of anilines is 1. The van der Waals surface area contributed by atoms with Crippen LogP contribution in [0.2, 0.25) is 18.1 Å². The van der Waals surface area contributed by atoms with Crippen molar-refractivity contribution in [2.75, 3.05) is 4.90 Å². The summed E-state index contributed by atoms with van der Waals surface area (Å²) in [5.41, 5.74) is 4.99. The van der Waals surface area contributed by atoms with Crippen LogP contribution < -0.4 is 9.33 Å².